The van der Waals surface area contributed by atoms with Gasteiger partial charge in [-0.25, -0.2) is 4.79 Å². The molecule has 2 fully saturated rings. The molecule has 1 aromatic carbocycles. The number of anilines is 2. The lowest BCUT2D eigenvalue weighted by Gasteiger charge is -2.49. The Hall–Kier alpha value is -2.90. The number of hydrogen-bond acceptors (Lipinski definition) is 5. The Morgan fingerprint density at radius 3 is 2.59 bits per heavy atom. The molecule has 3 aliphatic heterocycles. The highest BCUT2D eigenvalue weighted by molar-refractivity contribution is 6.20. The van der Waals surface area contributed by atoms with Gasteiger partial charge in [-0.2, -0.15) is 0 Å². The van der Waals surface area contributed by atoms with Gasteiger partial charge in [-0.15, -0.1) is 0 Å². The average molecular weight is 370 g/mol. The first-order valence-corrected chi connectivity index (χ1v) is 9.26. The smallest absolute Gasteiger partial charge is 0.328 e. The van der Waals surface area contributed by atoms with Gasteiger partial charge in [0.2, 0.25) is 17.7 Å². The van der Waals surface area contributed by atoms with Gasteiger partial charge >= 0.3 is 6.03 Å². The van der Waals surface area contributed by atoms with Crippen LogP contribution < -0.4 is 20.9 Å². The second-order valence-electron chi connectivity index (χ2n) is 7.47. The van der Waals surface area contributed by atoms with Crippen LogP contribution in [0.3, 0.4) is 0 Å². The summed E-state index contributed by atoms with van der Waals surface area (Å²) in [6.45, 7) is 2.17. The lowest BCUT2D eigenvalue weighted by molar-refractivity contribution is -0.146. The molecule has 1 spiro atoms. The molecule has 3 heterocycles. The van der Waals surface area contributed by atoms with E-state index < -0.39 is 23.3 Å². The van der Waals surface area contributed by atoms with Crippen molar-refractivity contribution in [3.05, 3.63) is 23.8 Å². The Bertz CT molecular complexity index is 830. The lowest BCUT2D eigenvalue weighted by Crippen LogP contribution is -2.71. The molecule has 8 heteroatoms. The molecule has 2 saturated heterocycles. The molecule has 3 aliphatic rings. The predicted octanol–water partition coefficient (Wildman–Crippen LogP) is 1.30. The third-order valence-corrected chi connectivity index (χ3v) is 5.76. The van der Waals surface area contributed by atoms with Gasteiger partial charge in [-0.05, 0) is 43.0 Å². The molecule has 8 nitrogen and oxygen atoms in total. The van der Waals surface area contributed by atoms with Crippen LogP contribution in [-0.4, -0.2) is 36.3 Å². The zero-order chi connectivity index (χ0) is 19.2. The first kappa shape index (κ1) is 17.5. The summed E-state index contributed by atoms with van der Waals surface area (Å²) in [4.78, 5) is 51.1. The molecule has 0 unspecified atom stereocenters. The van der Waals surface area contributed by atoms with E-state index in [0.717, 1.165) is 37.1 Å². The van der Waals surface area contributed by atoms with E-state index >= 15 is 0 Å². The minimum absolute atomic E-state index is 0.188. The molecule has 1 atom stereocenters. The maximum absolute atomic E-state index is 12.9. The number of benzene rings is 1. The minimum Gasteiger partial charge on any atom is -0.367 e. The zero-order valence-electron chi connectivity index (χ0n) is 15.1. The van der Waals surface area contributed by atoms with Crippen molar-refractivity contribution in [2.75, 3.05) is 16.8 Å². The summed E-state index contributed by atoms with van der Waals surface area (Å²) < 4.78 is 0. The van der Waals surface area contributed by atoms with Crippen molar-refractivity contribution in [2.45, 2.75) is 45.1 Å². The number of barbiturate groups is 1. The highest BCUT2D eigenvalue weighted by Gasteiger charge is 2.59. The van der Waals surface area contributed by atoms with Gasteiger partial charge in [0.15, 0.2) is 5.41 Å². The third kappa shape index (κ3) is 2.75. The molecule has 3 N–H and O–H groups in total. The summed E-state index contributed by atoms with van der Waals surface area (Å²) in [6, 6.07) is 4.53. The van der Waals surface area contributed by atoms with Crippen molar-refractivity contribution in [1.82, 2.24) is 10.6 Å². The van der Waals surface area contributed by atoms with Gasteiger partial charge in [0.25, 0.3) is 0 Å². The molecule has 0 radical (unpaired) electrons. The van der Waals surface area contributed by atoms with E-state index in [1.165, 1.54) is 6.92 Å². The molecular weight excluding hydrogens is 348 g/mol. The van der Waals surface area contributed by atoms with E-state index in [0.29, 0.717) is 12.1 Å². The Balaban J connectivity index is 1.84. The number of urea groups is 1. The molecule has 142 valence electrons. The van der Waals surface area contributed by atoms with Gasteiger partial charge < -0.3 is 10.2 Å². The van der Waals surface area contributed by atoms with Crippen LogP contribution in [0.15, 0.2) is 18.2 Å². The SMILES string of the molecule is CC(=O)Nc1ccc2c(c1)CC1(C(=O)NC(=O)NC1=O)[C@H]1CCCCCN21. The van der Waals surface area contributed by atoms with Gasteiger partial charge in [0, 0.05) is 24.8 Å². The van der Waals surface area contributed by atoms with Crippen LogP contribution in [0.2, 0.25) is 0 Å². The molecule has 0 aliphatic carbocycles. The second kappa shape index (κ2) is 6.37. The summed E-state index contributed by atoms with van der Waals surface area (Å²) in [5.41, 5.74) is 1.08. The number of imide groups is 2. The molecule has 27 heavy (non-hydrogen) atoms. The number of fused-ring (bicyclic) bond motifs is 4. The van der Waals surface area contributed by atoms with Gasteiger partial charge in [0.1, 0.15) is 0 Å². The minimum atomic E-state index is -1.35. The standard InChI is InChI=1S/C19H22N4O4/c1-11(24)20-13-6-7-14-12(9-13)10-19(15-5-3-2-4-8-23(14)15)16(25)21-18(27)22-17(19)26/h6-7,9,15H,2-5,8,10H2,1H3,(H,20,24)(H2,21,22,25,26,27)/t15-/m1/s1. The normalized spacial score (nSPS) is 23.7. The number of carbonyl (C=O) groups is 4. The van der Waals surface area contributed by atoms with Gasteiger partial charge in [-0.3, -0.25) is 25.0 Å². The van der Waals surface area contributed by atoms with Gasteiger partial charge in [-0.1, -0.05) is 12.8 Å². The first-order valence-electron chi connectivity index (χ1n) is 9.26. The first-order chi connectivity index (χ1) is 12.9. The molecule has 4 rings (SSSR count). The number of nitrogens with zero attached hydrogens (tertiary/aromatic N) is 1. The summed E-state index contributed by atoms with van der Waals surface area (Å²) in [7, 11) is 0. The number of carbonyl (C=O) groups excluding carboxylic acids is 4. The van der Waals surface area contributed by atoms with Crippen molar-refractivity contribution < 1.29 is 19.2 Å². The maximum atomic E-state index is 12.9. The summed E-state index contributed by atoms with van der Waals surface area (Å²) in [5, 5.41) is 7.34. The predicted molar refractivity (Wildman–Crippen MR) is 98.2 cm³/mol. The number of rotatable bonds is 1. The monoisotopic (exact) mass is 370 g/mol. The Labute approximate surface area is 156 Å². The number of amides is 5. The molecular formula is C19H22N4O4. The van der Waals surface area contributed by atoms with Crippen molar-refractivity contribution in [3.8, 4) is 0 Å². The third-order valence-electron chi connectivity index (χ3n) is 5.76. The Morgan fingerprint density at radius 1 is 1.15 bits per heavy atom. The Morgan fingerprint density at radius 2 is 1.89 bits per heavy atom. The largest absolute Gasteiger partial charge is 0.367 e. The van der Waals surface area contributed by atoms with E-state index in [-0.39, 0.29) is 18.4 Å². The summed E-state index contributed by atoms with van der Waals surface area (Å²) >= 11 is 0. The van der Waals surface area contributed by atoms with Crippen LogP contribution >= 0.6 is 0 Å². The maximum Gasteiger partial charge on any atom is 0.328 e. The van der Waals surface area contributed by atoms with E-state index in [4.69, 9.17) is 0 Å². The fraction of sp³-hybridized carbons (Fsp3) is 0.474. The zero-order valence-corrected chi connectivity index (χ0v) is 15.1. The fourth-order valence-corrected chi connectivity index (χ4v) is 4.64. The van der Waals surface area contributed by atoms with Crippen LogP contribution in [0.4, 0.5) is 16.2 Å². The molecule has 0 saturated carbocycles. The quantitative estimate of drug-likeness (QED) is 0.646. The molecule has 0 bridgehead atoms. The lowest BCUT2D eigenvalue weighted by atomic mass is 9.67. The fourth-order valence-electron chi connectivity index (χ4n) is 4.64. The van der Waals surface area contributed by atoms with Crippen molar-refractivity contribution in [2.24, 2.45) is 5.41 Å². The van der Waals surface area contributed by atoms with E-state index in [1.54, 1.807) is 0 Å². The second-order valence-corrected chi connectivity index (χ2v) is 7.47. The van der Waals surface area contributed by atoms with E-state index in [9.17, 15) is 19.2 Å². The van der Waals surface area contributed by atoms with Crippen molar-refractivity contribution in [1.29, 1.82) is 0 Å². The van der Waals surface area contributed by atoms with Crippen molar-refractivity contribution >= 4 is 35.1 Å². The highest BCUT2D eigenvalue weighted by atomic mass is 16.2. The van der Waals surface area contributed by atoms with E-state index in [1.807, 2.05) is 18.2 Å². The summed E-state index contributed by atoms with van der Waals surface area (Å²) in [6.07, 6.45) is 3.84. The molecule has 1 aromatic rings. The molecule has 5 amide bonds. The highest BCUT2D eigenvalue weighted by Crippen LogP contribution is 2.46. The van der Waals surface area contributed by atoms with Crippen LogP contribution in [0, 0.1) is 5.41 Å². The number of nitrogens with one attached hydrogen (secondary N) is 3. The van der Waals surface area contributed by atoms with Crippen LogP contribution in [0.1, 0.15) is 38.2 Å². The van der Waals surface area contributed by atoms with E-state index in [2.05, 4.69) is 20.9 Å². The number of hydrogen-bond donors (Lipinski definition) is 3. The van der Waals surface area contributed by atoms with Crippen LogP contribution in [0.25, 0.3) is 0 Å². The Kier molecular flexibility index (Phi) is 4.13. The average Bonchev–Trinajstić information content (AvgIpc) is 2.85. The topological polar surface area (TPSA) is 108 Å². The van der Waals surface area contributed by atoms with Gasteiger partial charge in [0.05, 0.1) is 6.04 Å². The molecule has 0 aromatic heterocycles. The van der Waals surface area contributed by atoms with Crippen molar-refractivity contribution in [3.63, 3.8) is 0 Å². The van der Waals surface area contributed by atoms with Crippen LogP contribution in [0.5, 0.6) is 0 Å². The van der Waals surface area contributed by atoms with Crippen LogP contribution in [-0.2, 0) is 20.8 Å². The summed E-state index contributed by atoms with van der Waals surface area (Å²) in [5.74, 6) is -1.26.